The second-order valence-electron chi connectivity index (χ2n) is 5.31. The van der Waals surface area contributed by atoms with Gasteiger partial charge in [-0.1, -0.05) is 6.07 Å². The number of pyridine rings is 1. The number of carboxylic acids is 1. The fourth-order valence-corrected chi connectivity index (χ4v) is 1.69. The second-order valence-corrected chi connectivity index (χ2v) is 5.31. The van der Waals surface area contributed by atoms with E-state index >= 15 is 0 Å². The van der Waals surface area contributed by atoms with Gasteiger partial charge < -0.3 is 10.4 Å². The number of aryl methyl sites for hydroxylation is 1. The van der Waals surface area contributed by atoms with Gasteiger partial charge >= 0.3 is 5.97 Å². The predicted octanol–water partition coefficient (Wildman–Crippen LogP) is 1.69. The Morgan fingerprint density at radius 3 is 2.58 bits per heavy atom. The summed E-state index contributed by atoms with van der Waals surface area (Å²) in [4.78, 5) is 26.5. The third-order valence-corrected chi connectivity index (χ3v) is 2.78. The molecule has 0 fully saturated rings. The van der Waals surface area contributed by atoms with Crippen LogP contribution in [-0.4, -0.2) is 27.5 Å². The molecule has 1 amide bonds. The maximum atomic E-state index is 11.9. The Kier molecular flexibility index (Phi) is 5.03. The summed E-state index contributed by atoms with van der Waals surface area (Å²) in [6.07, 6.45) is 2.38. The first-order valence-corrected chi connectivity index (χ1v) is 6.23. The number of nitrogens with zero attached hydrogens (tertiary/aromatic N) is 1. The highest BCUT2D eigenvalue weighted by molar-refractivity contribution is 5.79. The highest BCUT2D eigenvalue weighted by Gasteiger charge is 2.21. The number of aliphatic carboxylic acids is 1. The zero-order valence-corrected chi connectivity index (χ0v) is 11.6. The zero-order valence-electron chi connectivity index (χ0n) is 11.6. The van der Waals surface area contributed by atoms with Crippen molar-refractivity contribution in [2.45, 2.75) is 45.6 Å². The quantitative estimate of drug-likeness (QED) is 0.819. The molecule has 0 saturated heterocycles. The Balaban J connectivity index is 2.50. The largest absolute Gasteiger partial charge is 0.481 e. The molecule has 0 aliphatic heterocycles. The molecule has 1 aromatic heterocycles. The maximum Gasteiger partial charge on any atom is 0.303 e. The van der Waals surface area contributed by atoms with Gasteiger partial charge in [0.05, 0.1) is 6.42 Å². The third-order valence-electron chi connectivity index (χ3n) is 2.78. The van der Waals surface area contributed by atoms with Gasteiger partial charge in [0.2, 0.25) is 5.91 Å². The van der Waals surface area contributed by atoms with Crippen molar-refractivity contribution in [2.24, 2.45) is 0 Å². The molecule has 1 heterocycles. The summed E-state index contributed by atoms with van der Waals surface area (Å²) in [5, 5.41) is 11.5. The fourth-order valence-electron chi connectivity index (χ4n) is 1.69. The molecule has 0 aromatic carbocycles. The van der Waals surface area contributed by atoms with Crippen molar-refractivity contribution < 1.29 is 14.7 Å². The first-order valence-electron chi connectivity index (χ1n) is 6.23. The topological polar surface area (TPSA) is 79.3 Å². The smallest absolute Gasteiger partial charge is 0.303 e. The molecule has 2 N–H and O–H groups in total. The lowest BCUT2D eigenvalue weighted by molar-refractivity contribution is -0.137. The molecule has 0 atom stereocenters. The molecule has 5 nitrogen and oxygen atoms in total. The van der Waals surface area contributed by atoms with Crippen molar-refractivity contribution in [2.75, 3.05) is 0 Å². The highest BCUT2D eigenvalue weighted by atomic mass is 16.4. The second kappa shape index (κ2) is 6.31. The maximum absolute atomic E-state index is 11.9. The van der Waals surface area contributed by atoms with Crippen molar-refractivity contribution in [1.82, 2.24) is 10.3 Å². The van der Waals surface area contributed by atoms with Gasteiger partial charge in [-0.15, -0.1) is 0 Å². The average molecular weight is 264 g/mol. The van der Waals surface area contributed by atoms with E-state index in [0.29, 0.717) is 6.42 Å². The van der Waals surface area contributed by atoms with Crippen molar-refractivity contribution >= 4 is 11.9 Å². The van der Waals surface area contributed by atoms with E-state index in [0.717, 1.165) is 11.3 Å². The Morgan fingerprint density at radius 1 is 1.37 bits per heavy atom. The van der Waals surface area contributed by atoms with Gasteiger partial charge in [-0.25, -0.2) is 0 Å². The van der Waals surface area contributed by atoms with Crippen LogP contribution in [0.5, 0.6) is 0 Å². The van der Waals surface area contributed by atoms with E-state index in [-0.39, 0.29) is 18.7 Å². The minimum atomic E-state index is -0.856. The number of hydrogen-bond donors (Lipinski definition) is 2. The zero-order chi connectivity index (χ0) is 14.5. The van der Waals surface area contributed by atoms with Crippen LogP contribution in [0, 0.1) is 6.92 Å². The number of carboxylic acid groups (broad SMARTS) is 1. The predicted molar refractivity (Wildman–Crippen MR) is 71.8 cm³/mol. The molecular formula is C14H20N2O3. The van der Waals surface area contributed by atoms with E-state index in [1.165, 1.54) is 0 Å². The van der Waals surface area contributed by atoms with Crippen LogP contribution in [-0.2, 0) is 16.0 Å². The number of carbonyl (C=O) groups is 2. The van der Waals surface area contributed by atoms with Crippen LogP contribution in [0.1, 0.15) is 37.9 Å². The lowest BCUT2D eigenvalue weighted by Crippen LogP contribution is -2.44. The molecule has 0 bridgehead atoms. The van der Waals surface area contributed by atoms with Gasteiger partial charge in [-0.2, -0.15) is 0 Å². The van der Waals surface area contributed by atoms with Crippen molar-refractivity contribution in [3.05, 3.63) is 29.6 Å². The first-order chi connectivity index (χ1) is 8.78. The molecule has 0 aliphatic carbocycles. The van der Waals surface area contributed by atoms with Gasteiger partial charge in [-0.05, 0) is 38.8 Å². The molecular weight excluding hydrogens is 244 g/mol. The SMILES string of the molecule is Cc1ccc(CC(=O)NC(C)(C)CCC(=O)O)cn1. The van der Waals surface area contributed by atoms with Gasteiger partial charge in [0.15, 0.2) is 0 Å². The van der Waals surface area contributed by atoms with E-state index in [4.69, 9.17) is 5.11 Å². The Morgan fingerprint density at radius 2 is 2.05 bits per heavy atom. The minimum Gasteiger partial charge on any atom is -0.481 e. The molecule has 1 rings (SSSR count). The number of rotatable bonds is 6. The molecule has 0 saturated carbocycles. The summed E-state index contributed by atoms with van der Waals surface area (Å²) < 4.78 is 0. The van der Waals surface area contributed by atoms with Crippen LogP contribution < -0.4 is 5.32 Å². The summed E-state index contributed by atoms with van der Waals surface area (Å²) >= 11 is 0. The summed E-state index contributed by atoms with van der Waals surface area (Å²) in [7, 11) is 0. The lowest BCUT2D eigenvalue weighted by Gasteiger charge is -2.25. The Labute approximate surface area is 113 Å². The normalized spacial score (nSPS) is 11.1. The average Bonchev–Trinajstić information content (AvgIpc) is 2.29. The third kappa shape index (κ3) is 5.99. The van der Waals surface area contributed by atoms with E-state index in [2.05, 4.69) is 10.3 Å². The van der Waals surface area contributed by atoms with Gasteiger partial charge in [0.1, 0.15) is 0 Å². The molecule has 0 radical (unpaired) electrons. The number of hydrogen-bond acceptors (Lipinski definition) is 3. The first kappa shape index (κ1) is 15.1. The van der Waals surface area contributed by atoms with Crippen LogP contribution >= 0.6 is 0 Å². The highest BCUT2D eigenvalue weighted by Crippen LogP contribution is 2.12. The molecule has 0 unspecified atom stereocenters. The monoisotopic (exact) mass is 264 g/mol. The molecule has 0 aliphatic rings. The fraction of sp³-hybridized carbons (Fsp3) is 0.500. The van der Waals surface area contributed by atoms with Gasteiger partial charge in [0, 0.05) is 23.9 Å². The van der Waals surface area contributed by atoms with Gasteiger partial charge in [0.25, 0.3) is 0 Å². The van der Waals surface area contributed by atoms with Crippen LogP contribution in [0.25, 0.3) is 0 Å². The number of nitrogens with one attached hydrogen (secondary N) is 1. The molecule has 0 spiro atoms. The Bertz CT molecular complexity index is 452. The standard InChI is InChI=1S/C14H20N2O3/c1-10-4-5-11(9-15-10)8-12(17)16-14(2,3)7-6-13(18)19/h4-5,9H,6-8H2,1-3H3,(H,16,17)(H,18,19). The van der Waals surface area contributed by atoms with E-state index < -0.39 is 11.5 Å². The number of carbonyl (C=O) groups excluding carboxylic acids is 1. The van der Waals surface area contributed by atoms with Crippen molar-refractivity contribution in [3.63, 3.8) is 0 Å². The minimum absolute atomic E-state index is 0.0410. The van der Waals surface area contributed by atoms with Gasteiger partial charge in [-0.3, -0.25) is 14.6 Å². The van der Waals surface area contributed by atoms with E-state index in [1.807, 2.05) is 32.9 Å². The summed E-state index contributed by atoms with van der Waals surface area (Å²) in [5.41, 5.74) is 1.23. The summed E-state index contributed by atoms with van der Waals surface area (Å²) in [6.45, 7) is 5.53. The van der Waals surface area contributed by atoms with Crippen molar-refractivity contribution in [1.29, 1.82) is 0 Å². The lowest BCUT2D eigenvalue weighted by atomic mass is 9.98. The van der Waals surface area contributed by atoms with E-state index in [1.54, 1.807) is 6.20 Å². The van der Waals surface area contributed by atoms with Crippen LogP contribution in [0.15, 0.2) is 18.3 Å². The summed E-state index contributed by atoms with van der Waals surface area (Å²) in [6, 6.07) is 3.73. The molecule has 5 heteroatoms. The van der Waals surface area contributed by atoms with Crippen molar-refractivity contribution in [3.8, 4) is 0 Å². The van der Waals surface area contributed by atoms with Crippen LogP contribution in [0.2, 0.25) is 0 Å². The van der Waals surface area contributed by atoms with E-state index in [9.17, 15) is 9.59 Å². The van der Waals surface area contributed by atoms with Crippen LogP contribution in [0.4, 0.5) is 0 Å². The van der Waals surface area contributed by atoms with Crippen LogP contribution in [0.3, 0.4) is 0 Å². The number of aromatic nitrogens is 1. The summed E-state index contributed by atoms with van der Waals surface area (Å²) in [5.74, 6) is -0.980. The molecule has 1 aromatic rings. The Hall–Kier alpha value is -1.91. The molecule has 19 heavy (non-hydrogen) atoms. The number of amides is 1. The molecule has 104 valence electrons.